The van der Waals surface area contributed by atoms with Gasteiger partial charge in [0.25, 0.3) is 5.91 Å². The fraction of sp³-hybridized carbons (Fsp3) is 0.222. The van der Waals surface area contributed by atoms with Crippen LogP contribution < -0.4 is 10.1 Å². The minimum Gasteiger partial charge on any atom is -0.491 e. The van der Waals surface area contributed by atoms with E-state index in [1.165, 1.54) is 0 Å². The summed E-state index contributed by atoms with van der Waals surface area (Å²) in [6, 6.07) is 14.1. The maximum absolute atomic E-state index is 12.3. The molecule has 0 spiro atoms. The van der Waals surface area contributed by atoms with Gasteiger partial charge in [0.15, 0.2) is 5.82 Å². The first-order chi connectivity index (χ1) is 12.5. The van der Waals surface area contributed by atoms with Gasteiger partial charge in [-0.25, -0.2) is 0 Å². The van der Waals surface area contributed by atoms with E-state index in [1.54, 1.807) is 53.2 Å². The van der Waals surface area contributed by atoms with Gasteiger partial charge in [-0.15, -0.1) is 5.10 Å². The van der Waals surface area contributed by atoms with Crippen molar-refractivity contribution in [3.8, 4) is 11.4 Å². The minimum atomic E-state index is -0.216. The third-order valence-electron chi connectivity index (χ3n) is 3.50. The SMILES string of the molecule is CC(C)Oc1ccc(C(=O)NCc2nnnn2-c2ccc(Cl)cc2)cc1. The standard InChI is InChI=1S/C18H18ClN5O2/c1-12(2)26-16-9-3-13(4-10-16)18(25)20-11-17-21-22-23-24(17)15-7-5-14(19)6-8-15/h3-10,12H,11H2,1-2H3,(H,20,25). The van der Waals surface area contributed by atoms with Crippen LogP contribution in [-0.4, -0.2) is 32.2 Å². The van der Waals surface area contributed by atoms with Crippen molar-refractivity contribution in [1.82, 2.24) is 25.5 Å². The van der Waals surface area contributed by atoms with Gasteiger partial charge in [0, 0.05) is 10.6 Å². The molecule has 0 aliphatic rings. The van der Waals surface area contributed by atoms with E-state index in [0.29, 0.717) is 16.4 Å². The summed E-state index contributed by atoms with van der Waals surface area (Å²) >= 11 is 5.90. The zero-order chi connectivity index (χ0) is 18.5. The van der Waals surface area contributed by atoms with E-state index in [4.69, 9.17) is 16.3 Å². The summed E-state index contributed by atoms with van der Waals surface area (Å²) in [5.74, 6) is 1.02. The molecule has 2 aromatic carbocycles. The van der Waals surface area contributed by atoms with Gasteiger partial charge in [0.05, 0.1) is 18.3 Å². The van der Waals surface area contributed by atoms with Gasteiger partial charge < -0.3 is 10.1 Å². The van der Waals surface area contributed by atoms with Crippen molar-refractivity contribution >= 4 is 17.5 Å². The van der Waals surface area contributed by atoms with E-state index in [-0.39, 0.29) is 18.6 Å². The summed E-state index contributed by atoms with van der Waals surface area (Å²) < 4.78 is 7.12. The normalized spacial score (nSPS) is 10.8. The highest BCUT2D eigenvalue weighted by atomic mass is 35.5. The number of rotatable bonds is 6. The lowest BCUT2D eigenvalue weighted by Crippen LogP contribution is -2.24. The third kappa shape index (κ3) is 4.37. The molecular formula is C18H18ClN5O2. The molecule has 0 atom stereocenters. The zero-order valence-corrected chi connectivity index (χ0v) is 15.1. The average molecular weight is 372 g/mol. The van der Waals surface area contributed by atoms with Gasteiger partial charge in [0.1, 0.15) is 5.75 Å². The number of amides is 1. The molecular weight excluding hydrogens is 354 g/mol. The second-order valence-electron chi connectivity index (χ2n) is 5.86. The number of ether oxygens (including phenoxy) is 1. The molecule has 3 rings (SSSR count). The number of nitrogens with zero attached hydrogens (tertiary/aromatic N) is 4. The van der Waals surface area contributed by atoms with Gasteiger partial charge in [-0.1, -0.05) is 11.6 Å². The molecule has 1 N–H and O–H groups in total. The Morgan fingerprint density at radius 3 is 2.50 bits per heavy atom. The van der Waals surface area contributed by atoms with E-state index in [2.05, 4.69) is 20.8 Å². The van der Waals surface area contributed by atoms with Crippen LogP contribution in [0.3, 0.4) is 0 Å². The molecule has 8 heteroatoms. The quantitative estimate of drug-likeness (QED) is 0.720. The van der Waals surface area contributed by atoms with Crippen LogP contribution in [0.1, 0.15) is 30.0 Å². The molecule has 26 heavy (non-hydrogen) atoms. The highest BCUT2D eigenvalue weighted by molar-refractivity contribution is 6.30. The van der Waals surface area contributed by atoms with Gasteiger partial charge in [-0.05, 0) is 72.8 Å². The Bertz CT molecular complexity index is 875. The van der Waals surface area contributed by atoms with Crippen molar-refractivity contribution in [3.05, 3.63) is 64.9 Å². The summed E-state index contributed by atoms with van der Waals surface area (Å²) in [7, 11) is 0. The van der Waals surface area contributed by atoms with Gasteiger partial charge in [-0.3, -0.25) is 4.79 Å². The number of halogens is 1. The van der Waals surface area contributed by atoms with Crippen LogP contribution in [0.4, 0.5) is 0 Å². The van der Waals surface area contributed by atoms with E-state index in [0.717, 1.165) is 11.4 Å². The number of carbonyl (C=O) groups excluding carboxylic acids is 1. The molecule has 3 aromatic rings. The molecule has 0 aliphatic carbocycles. The topological polar surface area (TPSA) is 81.9 Å². The van der Waals surface area contributed by atoms with Crippen molar-refractivity contribution < 1.29 is 9.53 Å². The third-order valence-corrected chi connectivity index (χ3v) is 3.75. The molecule has 0 fully saturated rings. The fourth-order valence-electron chi connectivity index (χ4n) is 2.32. The lowest BCUT2D eigenvalue weighted by molar-refractivity contribution is 0.0949. The second kappa shape index (κ2) is 7.97. The molecule has 0 saturated heterocycles. The van der Waals surface area contributed by atoms with Crippen molar-refractivity contribution in [2.45, 2.75) is 26.5 Å². The van der Waals surface area contributed by atoms with Gasteiger partial charge >= 0.3 is 0 Å². The van der Waals surface area contributed by atoms with Crippen LogP contribution in [-0.2, 0) is 6.54 Å². The Kier molecular flexibility index (Phi) is 5.48. The molecule has 1 heterocycles. The number of aromatic nitrogens is 4. The summed E-state index contributed by atoms with van der Waals surface area (Å²) in [6.45, 7) is 4.09. The molecule has 7 nitrogen and oxygen atoms in total. The number of nitrogens with one attached hydrogen (secondary N) is 1. The van der Waals surface area contributed by atoms with Crippen molar-refractivity contribution in [1.29, 1.82) is 0 Å². The smallest absolute Gasteiger partial charge is 0.251 e. The Morgan fingerprint density at radius 2 is 1.85 bits per heavy atom. The number of hydrogen-bond donors (Lipinski definition) is 1. The Hall–Kier alpha value is -2.93. The molecule has 0 unspecified atom stereocenters. The van der Waals surface area contributed by atoms with Crippen LogP contribution in [0.2, 0.25) is 5.02 Å². The van der Waals surface area contributed by atoms with Crippen LogP contribution in [0, 0.1) is 0 Å². The number of carbonyl (C=O) groups is 1. The summed E-state index contributed by atoms with van der Waals surface area (Å²) in [6.07, 6.45) is 0.0846. The summed E-state index contributed by atoms with van der Waals surface area (Å²) in [4.78, 5) is 12.3. The monoisotopic (exact) mass is 371 g/mol. The molecule has 0 bridgehead atoms. The summed E-state index contributed by atoms with van der Waals surface area (Å²) in [5, 5.41) is 15.0. The van der Waals surface area contributed by atoms with Crippen molar-refractivity contribution in [2.24, 2.45) is 0 Å². The van der Waals surface area contributed by atoms with Gasteiger partial charge in [0.2, 0.25) is 0 Å². The van der Waals surface area contributed by atoms with Crippen LogP contribution in [0.5, 0.6) is 5.75 Å². The highest BCUT2D eigenvalue weighted by Gasteiger charge is 2.11. The van der Waals surface area contributed by atoms with Crippen molar-refractivity contribution in [2.75, 3.05) is 0 Å². The van der Waals surface area contributed by atoms with Crippen LogP contribution in [0.15, 0.2) is 48.5 Å². The first kappa shape index (κ1) is 17.9. The van der Waals surface area contributed by atoms with E-state index in [1.807, 2.05) is 13.8 Å². The Morgan fingerprint density at radius 1 is 1.15 bits per heavy atom. The Labute approximate surface area is 155 Å². The van der Waals surface area contributed by atoms with Crippen LogP contribution >= 0.6 is 11.6 Å². The highest BCUT2D eigenvalue weighted by Crippen LogP contribution is 2.15. The van der Waals surface area contributed by atoms with E-state index >= 15 is 0 Å². The molecule has 0 radical (unpaired) electrons. The largest absolute Gasteiger partial charge is 0.491 e. The first-order valence-corrected chi connectivity index (χ1v) is 8.49. The number of tetrazole rings is 1. The maximum atomic E-state index is 12.3. The van der Waals surface area contributed by atoms with Gasteiger partial charge in [-0.2, -0.15) is 4.68 Å². The first-order valence-electron chi connectivity index (χ1n) is 8.11. The predicted octanol–water partition coefficient (Wildman–Crippen LogP) is 3.03. The molecule has 134 valence electrons. The predicted molar refractivity (Wildman–Crippen MR) is 97.5 cm³/mol. The number of benzene rings is 2. The zero-order valence-electron chi connectivity index (χ0n) is 14.4. The molecule has 0 aliphatic heterocycles. The Balaban J connectivity index is 1.65. The lowest BCUT2D eigenvalue weighted by atomic mass is 10.2. The second-order valence-corrected chi connectivity index (χ2v) is 6.29. The molecule has 0 saturated carbocycles. The van der Waals surface area contributed by atoms with Crippen molar-refractivity contribution in [3.63, 3.8) is 0 Å². The fourth-order valence-corrected chi connectivity index (χ4v) is 2.44. The minimum absolute atomic E-state index is 0.0846. The van der Waals surface area contributed by atoms with Crippen LogP contribution in [0.25, 0.3) is 5.69 Å². The summed E-state index contributed by atoms with van der Waals surface area (Å²) in [5.41, 5.74) is 1.30. The maximum Gasteiger partial charge on any atom is 0.251 e. The lowest BCUT2D eigenvalue weighted by Gasteiger charge is -2.10. The molecule has 1 aromatic heterocycles. The number of hydrogen-bond acceptors (Lipinski definition) is 5. The molecule has 1 amide bonds. The van der Waals surface area contributed by atoms with E-state index in [9.17, 15) is 4.79 Å². The average Bonchev–Trinajstić information content (AvgIpc) is 3.09. The van der Waals surface area contributed by atoms with E-state index < -0.39 is 0 Å².